The minimum Gasteiger partial charge on any atom is -0.496 e. The first kappa shape index (κ1) is 19.9. The van der Waals surface area contributed by atoms with Gasteiger partial charge in [-0.3, -0.25) is 9.69 Å². The number of methoxy groups -OCH3 is 1. The molecular weight excluding hydrogens is 372 g/mol. The standard InChI is InChI=1S/C22H24N2O3S/c1-5-24-21(25)18(23-22(24)28)12-16-8-9-19(26-4)17(11-16)13-27-20-10-14(2)6-7-15(20)3/h6-12H,5,13H2,1-4H3,(H,23,28)/b18-12+. The maximum Gasteiger partial charge on any atom is 0.276 e. The number of carbonyl (C=O) groups excluding carboxylic acids is 1. The summed E-state index contributed by atoms with van der Waals surface area (Å²) in [6, 6.07) is 11.9. The molecule has 1 N–H and O–H groups in total. The van der Waals surface area contributed by atoms with Gasteiger partial charge in [-0.05, 0) is 74.0 Å². The summed E-state index contributed by atoms with van der Waals surface area (Å²) in [5.41, 5.74) is 4.47. The number of hydrogen-bond acceptors (Lipinski definition) is 4. The molecule has 1 amide bonds. The highest BCUT2D eigenvalue weighted by Gasteiger charge is 2.29. The fourth-order valence-corrected chi connectivity index (χ4v) is 3.37. The van der Waals surface area contributed by atoms with Crippen molar-refractivity contribution in [2.24, 2.45) is 0 Å². The van der Waals surface area contributed by atoms with Crippen LogP contribution in [0, 0.1) is 13.8 Å². The zero-order valence-electron chi connectivity index (χ0n) is 16.5. The molecule has 3 rings (SSSR count). The van der Waals surface area contributed by atoms with Crippen LogP contribution in [0.2, 0.25) is 0 Å². The second-order valence-electron chi connectivity index (χ2n) is 6.67. The molecule has 0 spiro atoms. The topological polar surface area (TPSA) is 50.8 Å². The number of aryl methyl sites for hydroxylation is 2. The van der Waals surface area contributed by atoms with Crippen molar-refractivity contribution in [2.75, 3.05) is 13.7 Å². The molecule has 0 radical (unpaired) electrons. The van der Waals surface area contributed by atoms with Crippen molar-refractivity contribution in [1.82, 2.24) is 10.2 Å². The molecule has 0 aromatic heterocycles. The second-order valence-corrected chi connectivity index (χ2v) is 7.05. The third-order valence-corrected chi connectivity index (χ3v) is 4.94. The quantitative estimate of drug-likeness (QED) is 0.591. The lowest BCUT2D eigenvalue weighted by Crippen LogP contribution is -2.30. The average molecular weight is 397 g/mol. The van der Waals surface area contributed by atoms with Gasteiger partial charge in [0.1, 0.15) is 23.8 Å². The predicted octanol–water partition coefficient (Wildman–Crippen LogP) is 3.97. The minimum absolute atomic E-state index is 0.114. The molecule has 1 fully saturated rings. The third kappa shape index (κ3) is 4.17. The number of likely N-dealkylation sites (N-methyl/N-ethyl adjacent to an activating group) is 1. The number of ether oxygens (including phenoxy) is 2. The second kappa shape index (κ2) is 8.44. The Balaban J connectivity index is 1.84. The highest BCUT2D eigenvalue weighted by molar-refractivity contribution is 7.80. The summed E-state index contributed by atoms with van der Waals surface area (Å²) < 4.78 is 11.5. The molecule has 0 saturated carbocycles. The van der Waals surface area contributed by atoms with E-state index in [0.717, 1.165) is 33.8 Å². The summed E-state index contributed by atoms with van der Waals surface area (Å²) >= 11 is 5.21. The fraction of sp³-hybridized carbons (Fsp3) is 0.273. The lowest BCUT2D eigenvalue weighted by atomic mass is 10.1. The fourth-order valence-electron chi connectivity index (χ4n) is 3.04. The van der Waals surface area contributed by atoms with Gasteiger partial charge in [-0.1, -0.05) is 18.2 Å². The zero-order valence-corrected chi connectivity index (χ0v) is 17.4. The summed E-state index contributed by atoms with van der Waals surface area (Å²) in [6.07, 6.45) is 1.80. The molecule has 1 heterocycles. The number of carbonyl (C=O) groups is 1. The van der Waals surface area contributed by atoms with Crippen molar-refractivity contribution in [3.05, 3.63) is 64.3 Å². The van der Waals surface area contributed by atoms with Crippen LogP contribution in [0.5, 0.6) is 11.5 Å². The molecule has 0 unspecified atom stereocenters. The number of hydrogen-bond donors (Lipinski definition) is 1. The largest absolute Gasteiger partial charge is 0.496 e. The molecule has 2 aromatic carbocycles. The van der Waals surface area contributed by atoms with E-state index < -0.39 is 0 Å². The molecule has 6 heteroatoms. The van der Waals surface area contributed by atoms with E-state index in [4.69, 9.17) is 21.7 Å². The number of benzene rings is 2. The summed E-state index contributed by atoms with van der Waals surface area (Å²) in [5.74, 6) is 1.47. The van der Waals surface area contributed by atoms with E-state index in [9.17, 15) is 4.79 Å². The Morgan fingerprint density at radius 1 is 1.14 bits per heavy atom. The monoisotopic (exact) mass is 396 g/mol. The average Bonchev–Trinajstić information content (AvgIpc) is 2.95. The Morgan fingerprint density at radius 3 is 2.61 bits per heavy atom. The van der Waals surface area contributed by atoms with E-state index in [1.165, 1.54) is 4.90 Å². The van der Waals surface area contributed by atoms with Crippen molar-refractivity contribution in [1.29, 1.82) is 0 Å². The van der Waals surface area contributed by atoms with Gasteiger partial charge >= 0.3 is 0 Å². The molecule has 1 aliphatic heterocycles. The maximum absolute atomic E-state index is 12.4. The number of nitrogens with zero attached hydrogens (tertiary/aromatic N) is 1. The van der Waals surface area contributed by atoms with Gasteiger partial charge in [-0.2, -0.15) is 0 Å². The summed E-state index contributed by atoms with van der Waals surface area (Å²) in [6.45, 7) is 6.86. The molecule has 2 aromatic rings. The highest BCUT2D eigenvalue weighted by atomic mass is 32.1. The molecule has 1 saturated heterocycles. The number of rotatable bonds is 6. The van der Waals surface area contributed by atoms with Crippen LogP contribution in [0.15, 0.2) is 42.1 Å². The van der Waals surface area contributed by atoms with E-state index in [2.05, 4.69) is 11.4 Å². The van der Waals surface area contributed by atoms with E-state index in [0.29, 0.717) is 24.0 Å². The minimum atomic E-state index is -0.114. The van der Waals surface area contributed by atoms with Crippen LogP contribution < -0.4 is 14.8 Å². The van der Waals surface area contributed by atoms with Gasteiger partial charge < -0.3 is 14.8 Å². The molecule has 0 aliphatic carbocycles. The third-order valence-electron chi connectivity index (χ3n) is 4.62. The van der Waals surface area contributed by atoms with Crippen LogP contribution in [0.25, 0.3) is 6.08 Å². The van der Waals surface area contributed by atoms with Crippen molar-refractivity contribution in [2.45, 2.75) is 27.4 Å². The lowest BCUT2D eigenvalue weighted by molar-refractivity contribution is -0.122. The summed E-state index contributed by atoms with van der Waals surface area (Å²) in [7, 11) is 1.63. The smallest absolute Gasteiger partial charge is 0.276 e. The van der Waals surface area contributed by atoms with Crippen LogP contribution >= 0.6 is 12.2 Å². The lowest BCUT2D eigenvalue weighted by Gasteiger charge is -2.13. The molecule has 0 bridgehead atoms. The van der Waals surface area contributed by atoms with E-state index in [1.807, 2.05) is 51.1 Å². The van der Waals surface area contributed by atoms with Gasteiger partial charge in [-0.25, -0.2) is 0 Å². The van der Waals surface area contributed by atoms with E-state index >= 15 is 0 Å². The summed E-state index contributed by atoms with van der Waals surface area (Å²) in [5, 5.41) is 3.42. The van der Waals surface area contributed by atoms with Gasteiger partial charge in [0.15, 0.2) is 5.11 Å². The summed E-state index contributed by atoms with van der Waals surface area (Å²) in [4.78, 5) is 13.9. The Labute approximate surface area is 170 Å². The van der Waals surface area contributed by atoms with Gasteiger partial charge in [-0.15, -0.1) is 0 Å². The molecule has 1 aliphatic rings. The van der Waals surface area contributed by atoms with E-state index in [1.54, 1.807) is 13.2 Å². The first-order chi connectivity index (χ1) is 13.4. The molecule has 28 heavy (non-hydrogen) atoms. The normalized spacial score (nSPS) is 15.1. The first-order valence-corrected chi connectivity index (χ1v) is 9.55. The van der Waals surface area contributed by atoms with Crippen molar-refractivity contribution < 1.29 is 14.3 Å². The van der Waals surface area contributed by atoms with E-state index in [-0.39, 0.29) is 5.91 Å². The predicted molar refractivity (Wildman–Crippen MR) is 114 cm³/mol. The number of amides is 1. The molecular formula is C22H24N2O3S. The van der Waals surface area contributed by atoms with Crippen LogP contribution in [0.4, 0.5) is 0 Å². The van der Waals surface area contributed by atoms with Gasteiger partial charge in [0, 0.05) is 12.1 Å². The van der Waals surface area contributed by atoms with Crippen molar-refractivity contribution in [3.63, 3.8) is 0 Å². The van der Waals surface area contributed by atoms with Crippen LogP contribution in [-0.4, -0.2) is 29.6 Å². The van der Waals surface area contributed by atoms with Crippen molar-refractivity contribution in [3.8, 4) is 11.5 Å². The van der Waals surface area contributed by atoms with Gasteiger partial charge in [0.2, 0.25) is 0 Å². The number of nitrogens with one attached hydrogen (secondary N) is 1. The van der Waals surface area contributed by atoms with Crippen LogP contribution in [0.3, 0.4) is 0 Å². The Morgan fingerprint density at radius 2 is 1.93 bits per heavy atom. The SMILES string of the molecule is CCN1C(=O)/C(=C\c2ccc(OC)c(COc3cc(C)ccc3C)c2)NC1=S. The van der Waals surface area contributed by atoms with Gasteiger partial charge in [0.25, 0.3) is 5.91 Å². The number of thiocarbonyl (C=S) groups is 1. The zero-order chi connectivity index (χ0) is 20.3. The van der Waals surface area contributed by atoms with Crippen molar-refractivity contribution >= 4 is 29.3 Å². The van der Waals surface area contributed by atoms with Gasteiger partial charge in [0.05, 0.1) is 7.11 Å². The van der Waals surface area contributed by atoms with Crippen LogP contribution in [-0.2, 0) is 11.4 Å². The Kier molecular flexibility index (Phi) is 5.99. The molecule has 0 atom stereocenters. The molecule has 146 valence electrons. The Hall–Kier alpha value is -2.86. The Bertz CT molecular complexity index is 953. The molecule has 5 nitrogen and oxygen atoms in total. The first-order valence-electron chi connectivity index (χ1n) is 9.14. The van der Waals surface area contributed by atoms with Crippen LogP contribution in [0.1, 0.15) is 29.2 Å². The highest BCUT2D eigenvalue weighted by Crippen LogP contribution is 2.26. The maximum atomic E-state index is 12.4.